The summed E-state index contributed by atoms with van der Waals surface area (Å²) in [5.41, 5.74) is 6.88. The lowest BCUT2D eigenvalue weighted by Crippen LogP contribution is -2.43. The van der Waals surface area contributed by atoms with Crippen molar-refractivity contribution in [3.05, 3.63) is 22.7 Å². The van der Waals surface area contributed by atoms with Crippen molar-refractivity contribution in [2.45, 2.75) is 24.9 Å². The Balaban J connectivity index is 2.01. The lowest BCUT2D eigenvalue weighted by Gasteiger charge is -2.37. The Hall–Kier alpha value is -0.740. The molecule has 82 valence electrons. The van der Waals surface area contributed by atoms with Gasteiger partial charge in [-0.15, -0.1) is 0 Å². The summed E-state index contributed by atoms with van der Waals surface area (Å²) in [4.78, 5) is 0. The van der Waals surface area contributed by atoms with E-state index >= 15 is 0 Å². The molecule has 4 N–H and O–H groups in total. The maximum Gasteiger partial charge on any atom is 0.0819 e. The van der Waals surface area contributed by atoms with E-state index in [1.165, 1.54) is 0 Å². The normalized spacial score (nSPS) is 18.3. The van der Waals surface area contributed by atoms with Gasteiger partial charge in [0.05, 0.1) is 17.0 Å². The first-order chi connectivity index (χ1) is 7.09. The van der Waals surface area contributed by atoms with Gasteiger partial charge >= 0.3 is 0 Å². The van der Waals surface area contributed by atoms with Crippen molar-refractivity contribution in [2.24, 2.45) is 0 Å². The number of hydrogen-bond acceptors (Lipinski definition) is 3. The number of nitrogens with two attached hydrogens (primary N) is 1. The number of nitrogens with one attached hydrogen (secondary N) is 1. The molecule has 0 saturated heterocycles. The molecule has 0 aliphatic heterocycles. The molecule has 0 radical (unpaired) electrons. The molecule has 1 aliphatic rings. The predicted molar refractivity (Wildman–Crippen MR) is 65.8 cm³/mol. The average Bonchev–Trinajstić information content (AvgIpc) is 2.17. The molecule has 0 heterocycles. The van der Waals surface area contributed by atoms with Gasteiger partial charge in [-0.2, -0.15) is 0 Å². The molecule has 0 spiro atoms. The largest absolute Gasteiger partial charge is 0.397 e. The minimum atomic E-state index is -0.519. The van der Waals surface area contributed by atoms with Crippen LogP contribution in [-0.4, -0.2) is 17.3 Å². The van der Waals surface area contributed by atoms with Gasteiger partial charge in [-0.3, -0.25) is 0 Å². The van der Waals surface area contributed by atoms with E-state index in [0.29, 0.717) is 12.2 Å². The summed E-state index contributed by atoms with van der Waals surface area (Å²) in [5.74, 6) is 0. The van der Waals surface area contributed by atoms with Crippen LogP contribution in [0.25, 0.3) is 0 Å². The zero-order valence-electron chi connectivity index (χ0n) is 8.46. The summed E-state index contributed by atoms with van der Waals surface area (Å²) in [6.07, 6.45) is 2.88. The van der Waals surface area contributed by atoms with Crippen LogP contribution in [0.3, 0.4) is 0 Å². The Morgan fingerprint density at radius 1 is 1.47 bits per heavy atom. The molecule has 3 nitrogen and oxygen atoms in total. The quantitative estimate of drug-likeness (QED) is 0.740. The smallest absolute Gasteiger partial charge is 0.0819 e. The van der Waals surface area contributed by atoms with Crippen LogP contribution in [0.5, 0.6) is 0 Å². The molecule has 1 saturated carbocycles. The maximum atomic E-state index is 9.92. The molecule has 0 unspecified atom stereocenters. The van der Waals surface area contributed by atoms with Crippen molar-refractivity contribution < 1.29 is 5.11 Å². The second kappa shape index (κ2) is 4.02. The van der Waals surface area contributed by atoms with Crippen molar-refractivity contribution in [2.75, 3.05) is 17.6 Å². The second-order valence-electron chi connectivity index (χ2n) is 4.16. The molecule has 0 amide bonds. The summed E-state index contributed by atoms with van der Waals surface area (Å²) in [5, 5.41) is 13.1. The van der Waals surface area contributed by atoms with Gasteiger partial charge in [0.2, 0.25) is 0 Å². The van der Waals surface area contributed by atoms with E-state index in [2.05, 4.69) is 21.2 Å². The van der Waals surface area contributed by atoms with E-state index in [1.54, 1.807) is 0 Å². The van der Waals surface area contributed by atoms with Crippen LogP contribution in [0.1, 0.15) is 19.3 Å². The Labute approximate surface area is 97.8 Å². The monoisotopic (exact) mass is 270 g/mol. The Morgan fingerprint density at radius 2 is 2.20 bits per heavy atom. The van der Waals surface area contributed by atoms with Gasteiger partial charge in [-0.25, -0.2) is 0 Å². The number of hydrogen-bond donors (Lipinski definition) is 3. The van der Waals surface area contributed by atoms with E-state index < -0.39 is 5.60 Å². The molecular formula is C11H15BrN2O. The van der Waals surface area contributed by atoms with Crippen LogP contribution in [-0.2, 0) is 0 Å². The molecule has 2 rings (SSSR count). The summed E-state index contributed by atoms with van der Waals surface area (Å²) in [6.45, 7) is 0.577. The molecule has 0 atom stereocenters. The number of nitrogen functional groups attached to an aromatic ring is 1. The van der Waals surface area contributed by atoms with Crippen molar-refractivity contribution >= 4 is 27.3 Å². The van der Waals surface area contributed by atoms with Crippen LogP contribution >= 0.6 is 15.9 Å². The number of aliphatic hydroxyl groups is 1. The van der Waals surface area contributed by atoms with Gasteiger partial charge in [-0.1, -0.05) is 15.9 Å². The van der Waals surface area contributed by atoms with E-state index in [4.69, 9.17) is 5.73 Å². The molecule has 1 aliphatic carbocycles. The second-order valence-corrected chi connectivity index (χ2v) is 5.08. The Kier molecular flexibility index (Phi) is 2.89. The van der Waals surface area contributed by atoms with Crippen molar-refractivity contribution in [1.29, 1.82) is 0 Å². The predicted octanol–water partition coefficient (Wildman–Crippen LogP) is 2.36. The molecule has 15 heavy (non-hydrogen) atoms. The Bertz CT molecular complexity index is 364. The maximum absolute atomic E-state index is 9.92. The fourth-order valence-corrected chi connectivity index (χ4v) is 2.06. The van der Waals surface area contributed by atoms with Crippen molar-refractivity contribution in [3.8, 4) is 0 Å². The summed E-state index contributed by atoms with van der Waals surface area (Å²) in [6, 6.07) is 5.67. The van der Waals surface area contributed by atoms with Crippen LogP contribution in [0.2, 0.25) is 0 Å². The molecule has 0 aromatic heterocycles. The number of anilines is 2. The number of benzene rings is 1. The number of halogens is 1. The lowest BCUT2D eigenvalue weighted by molar-refractivity contribution is -0.0201. The summed E-state index contributed by atoms with van der Waals surface area (Å²) >= 11 is 3.39. The fraction of sp³-hybridized carbons (Fsp3) is 0.455. The van der Waals surface area contributed by atoms with Gasteiger partial charge in [-0.05, 0) is 37.5 Å². The molecule has 0 bridgehead atoms. The SMILES string of the molecule is Nc1ccc(Br)cc1NCC1(O)CCC1. The average molecular weight is 271 g/mol. The standard InChI is InChI=1S/C11H15BrN2O/c12-8-2-3-9(13)10(6-8)14-7-11(15)4-1-5-11/h2-3,6,14-15H,1,4-5,7,13H2. The third kappa shape index (κ3) is 2.44. The van der Waals surface area contributed by atoms with E-state index in [0.717, 1.165) is 29.4 Å². The first kappa shape index (κ1) is 10.8. The van der Waals surface area contributed by atoms with E-state index in [9.17, 15) is 5.11 Å². The first-order valence-corrected chi connectivity index (χ1v) is 5.90. The third-order valence-corrected chi connectivity index (χ3v) is 3.40. The number of rotatable bonds is 3. The van der Waals surface area contributed by atoms with Crippen LogP contribution in [0, 0.1) is 0 Å². The van der Waals surface area contributed by atoms with E-state index in [-0.39, 0.29) is 0 Å². The summed E-state index contributed by atoms with van der Waals surface area (Å²) in [7, 11) is 0. The van der Waals surface area contributed by atoms with Crippen LogP contribution < -0.4 is 11.1 Å². The van der Waals surface area contributed by atoms with E-state index in [1.807, 2.05) is 18.2 Å². The zero-order chi connectivity index (χ0) is 10.9. The van der Waals surface area contributed by atoms with Crippen molar-refractivity contribution in [1.82, 2.24) is 0 Å². The third-order valence-electron chi connectivity index (χ3n) is 2.91. The highest BCUT2D eigenvalue weighted by molar-refractivity contribution is 9.10. The van der Waals surface area contributed by atoms with Gasteiger partial charge in [0.15, 0.2) is 0 Å². The topological polar surface area (TPSA) is 58.3 Å². The highest BCUT2D eigenvalue weighted by Crippen LogP contribution is 2.32. The fourth-order valence-electron chi connectivity index (χ4n) is 1.70. The minimum Gasteiger partial charge on any atom is -0.397 e. The molecule has 1 aromatic carbocycles. The van der Waals surface area contributed by atoms with Gasteiger partial charge < -0.3 is 16.2 Å². The molecule has 4 heteroatoms. The molecular weight excluding hydrogens is 256 g/mol. The molecule has 1 fully saturated rings. The lowest BCUT2D eigenvalue weighted by atomic mass is 9.80. The first-order valence-electron chi connectivity index (χ1n) is 5.10. The van der Waals surface area contributed by atoms with Gasteiger partial charge in [0.1, 0.15) is 0 Å². The summed E-state index contributed by atoms with van der Waals surface area (Å²) < 4.78 is 0.986. The van der Waals surface area contributed by atoms with Crippen LogP contribution in [0.4, 0.5) is 11.4 Å². The minimum absolute atomic E-state index is 0.519. The van der Waals surface area contributed by atoms with Crippen molar-refractivity contribution in [3.63, 3.8) is 0 Å². The Morgan fingerprint density at radius 3 is 2.80 bits per heavy atom. The van der Waals surface area contributed by atoms with Gasteiger partial charge in [0, 0.05) is 11.0 Å². The van der Waals surface area contributed by atoms with Crippen LogP contribution in [0.15, 0.2) is 22.7 Å². The zero-order valence-corrected chi connectivity index (χ0v) is 10.0. The molecule has 1 aromatic rings. The highest BCUT2D eigenvalue weighted by Gasteiger charge is 2.33. The van der Waals surface area contributed by atoms with Gasteiger partial charge in [0.25, 0.3) is 0 Å². The highest BCUT2D eigenvalue weighted by atomic mass is 79.9.